The Balaban J connectivity index is 0.000000225. The van der Waals surface area contributed by atoms with Gasteiger partial charge in [0.1, 0.15) is 17.2 Å². The van der Waals surface area contributed by atoms with Crippen molar-refractivity contribution < 1.29 is 47.7 Å². The van der Waals surface area contributed by atoms with Gasteiger partial charge in [-0.3, -0.25) is 9.59 Å². The fraction of sp³-hybridized carbons (Fsp3) is 0.500. The molecule has 62 heavy (non-hydrogen) atoms. The van der Waals surface area contributed by atoms with Crippen LogP contribution >= 0.6 is 22.6 Å². The Morgan fingerprint density at radius 2 is 1.21 bits per heavy atom. The minimum atomic E-state index is -0.292. The normalized spacial score (nSPS) is 13.9. The van der Waals surface area contributed by atoms with Gasteiger partial charge in [-0.15, -0.1) is 0 Å². The Hall–Kier alpha value is -4.57. The van der Waals surface area contributed by atoms with Crippen molar-refractivity contribution in [1.82, 2.24) is 9.97 Å². The number of carbonyl (C=O) groups excluding carboxylic acids is 2. The number of methoxy groups -OCH3 is 2. The molecule has 2 aliphatic rings. The van der Waals surface area contributed by atoms with Crippen LogP contribution in [0.25, 0.3) is 11.1 Å². The summed E-state index contributed by atoms with van der Waals surface area (Å²) in [5, 5.41) is 8.27. The van der Waals surface area contributed by atoms with E-state index in [0.29, 0.717) is 62.8 Å². The third kappa shape index (κ3) is 17.0. The van der Waals surface area contributed by atoms with E-state index in [4.69, 9.17) is 33.4 Å². The number of rotatable bonds is 21. The van der Waals surface area contributed by atoms with Gasteiger partial charge in [-0.2, -0.15) is 0 Å². The molecule has 2 atom stereocenters. The van der Waals surface area contributed by atoms with Gasteiger partial charge in [0.05, 0.1) is 56.1 Å². The fourth-order valence-electron chi connectivity index (χ4n) is 6.44. The number of ether oxygens (including phenoxy) is 6. The fourth-order valence-corrected chi connectivity index (χ4v) is 6.93. The van der Waals surface area contributed by atoms with E-state index in [1.54, 1.807) is 25.4 Å². The van der Waals surface area contributed by atoms with Gasteiger partial charge in [-0.1, -0.05) is 45.9 Å². The number of hydrogen-bond donors (Lipinski definition) is 1. The van der Waals surface area contributed by atoms with Gasteiger partial charge < -0.3 is 38.1 Å². The van der Waals surface area contributed by atoms with Gasteiger partial charge >= 0.3 is 19.6 Å². The highest BCUT2D eigenvalue weighted by molar-refractivity contribution is 14.1. The van der Waals surface area contributed by atoms with Crippen molar-refractivity contribution in [2.45, 2.75) is 91.9 Å². The summed E-state index contributed by atoms with van der Waals surface area (Å²) >= 11 is 2.29. The third-order valence-electron chi connectivity index (χ3n) is 10.0. The lowest BCUT2D eigenvalue weighted by atomic mass is 9.89. The van der Waals surface area contributed by atoms with Crippen molar-refractivity contribution in [2.24, 2.45) is 23.7 Å². The molecule has 2 aliphatic carbocycles. The molecule has 0 spiro atoms. The molecule has 2 fully saturated rings. The van der Waals surface area contributed by atoms with E-state index < -0.39 is 0 Å². The average Bonchev–Trinajstić information content (AvgIpc) is 4.21. The monoisotopic (exact) mass is 965 g/mol. The van der Waals surface area contributed by atoms with E-state index in [1.165, 1.54) is 39.0 Å². The smallest absolute Gasteiger partial charge is 0.537 e. The predicted molar refractivity (Wildman–Crippen MR) is 249 cm³/mol. The second-order valence-corrected chi connectivity index (χ2v) is 17.3. The number of carbonyl (C=O) groups is 2. The van der Waals surface area contributed by atoms with Gasteiger partial charge in [0, 0.05) is 30.1 Å². The zero-order valence-corrected chi connectivity index (χ0v) is 39.6. The summed E-state index contributed by atoms with van der Waals surface area (Å²) in [4.78, 5) is 32.9. The molecule has 2 saturated carbocycles. The first kappa shape index (κ1) is 50.1. The summed E-state index contributed by atoms with van der Waals surface area (Å²) in [6, 6.07) is 19.1. The van der Waals surface area contributed by atoms with Crippen LogP contribution < -0.4 is 23.6 Å². The number of benzene rings is 2. The first-order valence-electron chi connectivity index (χ1n) is 21.5. The number of esters is 2. The van der Waals surface area contributed by atoms with Crippen LogP contribution in [0.5, 0.6) is 29.0 Å². The predicted octanol–water partition coefficient (Wildman–Crippen LogP) is 10.0. The lowest BCUT2D eigenvalue weighted by Crippen LogP contribution is -2.18. The summed E-state index contributed by atoms with van der Waals surface area (Å²) in [6.45, 7) is 14.5. The molecule has 335 valence electrons. The minimum absolute atomic E-state index is 0.134. The Kier molecular flexibility index (Phi) is 21.1. The second kappa shape index (κ2) is 26.2. The quantitative estimate of drug-likeness (QED) is 0.0482. The first-order valence-corrected chi connectivity index (χ1v) is 22.6. The largest absolute Gasteiger partial charge is 0.569 e. The van der Waals surface area contributed by atoms with Crippen LogP contribution in [0.1, 0.15) is 103 Å². The van der Waals surface area contributed by atoms with E-state index in [-0.39, 0.29) is 23.8 Å². The summed E-state index contributed by atoms with van der Waals surface area (Å²) in [5.74, 6) is 4.54. The molecule has 1 N–H and O–H groups in total. The molecule has 14 heteroatoms. The van der Waals surface area contributed by atoms with Gasteiger partial charge in [-0.05, 0) is 146 Å². The lowest BCUT2D eigenvalue weighted by Gasteiger charge is -2.20. The lowest BCUT2D eigenvalue weighted by molar-refractivity contribution is -0.146. The first-order chi connectivity index (χ1) is 29.9. The molecule has 4 aromatic rings. The highest BCUT2D eigenvalue weighted by Gasteiger charge is 2.28. The molecule has 2 heterocycles. The number of pyridine rings is 2. The third-order valence-corrected chi connectivity index (χ3v) is 10.9. The molecule has 0 bridgehead atoms. The topological polar surface area (TPSA) is 145 Å². The molecule has 2 aromatic heterocycles. The van der Waals surface area contributed by atoms with Crippen LogP contribution in [0.4, 0.5) is 0 Å². The van der Waals surface area contributed by atoms with Crippen LogP contribution in [0.15, 0.2) is 73.1 Å². The second-order valence-electron chi connectivity index (χ2n) is 16.2. The molecule has 2 unspecified atom stereocenters. The summed E-state index contributed by atoms with van der Waals surface area (Å²) < 4.78 is 38.6. The van der Waals surface area contributed by atoms with E-state index in [2.05, 4.69) is 64.9 Å². The molecule has 0 amide bonds. The van der Waals surface area contributed by atoms with Crippen LogP contribution in [-0.4, -0.2) is 75.3 Å². The summed E-state index contributed by atoms with van der Waals surface area (Å²) in [7, 11) is 3.72. The standard InChI is InChI=1S/C24H31NO4.C18H25IO3.C6H7BNO3/c1-5-28-24(26)21(12-16(2)3)18-8-9-20(19-10-11-25-23(14-19)27-4)22(13-18)29-15-17-6-7-17;1-4-21-18(20)15(9-12(2)3)14-7-8-16(19)17(10-14)22-11-13-5-6-13;1-10-6-4-5(11-7-9)2-3-8-6/h8-11,13-14,16-17,21H,5-7,12,15H2,1-4H3;7-8,10,12-13,15H,4-6,9,11H2,1-3H3;2-4,9H,1H3. The number of nitrogens with zero attached hydrogens (tertiary/aromatic N) is 2. The highest BCUT2D eigenvalue weighted by Crippen LogP contribution is 2.38. The Morgan fingerprint density at radius 3 is 1.71 bits per heavy atom. The SMILES string of the molecule is CCOC(=O)C(CC(C)C)c1ccc(-c2ccnc(OC)c2)c(OCC2CC2)c1.CCOC(=O)C(CC(C)C)c1ccc(I)c(OCC2CC2)c1.COc1cc(O[B]O)ccn1. The number of halogens is 1. The van der Waals surface area contributed by atoms with E-state index >= 15 is 0 Å². The Bertz CT molecular complexity index is 1990. The maximum absolute atomic E-state index is 12.6. The molecular formula is C48H63BIN2O10. The molecule has 1 radical (unpaired) electrons. The average molecular weight is 966 g/mol. The zero-order chi connectivity index (χ0) is 45.0. The Morgan fingerprint density at radius 1 is 0.710 bits per heavy atom. The van der Waals surface area contributed by atoms with Gasteiger partial charge in [-0.25, -0.2) is 9.97 Å². The van der Waals surface area contributed by atoms with Crippen LogP contribution in [-0.2, 0) is 19.1 Å². The summed E-state index contributed by atoms with van der Waals surface area (Å²) in [5.41, 5.74) is 3.89. The Labute approximate surface area is 382 Å². The van der Waals surface area contributed by atoms with E-state index in [0.717, 1.165) is 62.7 Å². The van der Waals surface area contributed by atoms with Crippen molar-refractivity contribution in [3.8, 4) is 40.1 Å². The van der Waals surface area contributed by atoms with Crippen molar-refractivity contribution in [3.05, 3.63) is 87.8 Å². The summed E-state index contributed by atoms with van der Waals surface area (Å²) in [6.07, 6.45) is 9.77. The van der Waals surface area contributed by atoms with Crippen molar-refractivity contribution in [2.75, 3.05) is 40.6 Å². The molecule has 0 saturated heterocycles. The molecule has 6 rings (SSSR count). The minimum Gasteiger partial charge on any atom is -0.537 e. The van der Waals surface area contributed by atoms with E-state index in [1.807, 2.05) is 62.4 Å². The van der Waals surface area contributed by atoms with Crippen molar-refractivity contribution in [1.29, 1.82) is 0 Å². The van der Waals surface area contributed by atoms with Gasteiger partial charge in [0.15, 0.2) is 0 Å². The van der Waals surface area contributed by atoms with Gasteiger partial charge in [0.25, 0.3) is 0 Å². The maximum atomic E-state index is 12.6. The number of aromatic nitrogens is 2. The van der Waals surface area contributed by atoms with Crippen LogP contribution in [0.2, 0.25) is 0 Å². The van der Waals surface area contributed by atoms with Crippen molar-refractivity contribution >= 4 is 42.2 Å². The zero-order valence-electron chi connectivity index (χ0n) is 37.4. The van der Waals surface area contributed by atoms with Crippen LogP contribution in [0, 0.1) is 27.2 Å². The van der Waals surface area contributed by atoms with Gasteiger partial charge in [0.2, 0.25) is 11.8 Å². The van der Waals surface area contributed by atoms with E-state index in [9.17, 15) is 9.59 Å². The molecule has 0 aliphatic heterocycles. The maximum Gasteiger partial charge on any atom is 0.569 e. The molecule has 2 aromatic carbocycles. The number of hydrogen-bond acceptors (Lipinski definition) is 12. The molecule has 12 nitrogen and oxygen atoms in total. The van der Waals surface area contributed by atoms with Crippen molar-refractivity contribution in [3.63, 3.8) is 0 Å². The highest BCUT2D eigenvalue weighted by atomic mass is 127. The molecular weight excluding hydrogens is 902 g/mol. The van der Waals surface area contributed by atoms with Crippen LogP contribution in [0.3, 0.4) is 0 Å².